The van der Waals surface area contributed by atoms with Gasteiger partial charge in [-0.2, -0.15) is 0 Å². The lowest BCUT2D eigenvalue weighted by Gasteiger charge is -2.09. The van der Waals surface area contributed by atoms with Crippen molar-refractivity contribution in [2.75, 3.05) is 12.4 Å². The topological polar surface area (TPSA) is 74.6 Å². The van der Waals surface area contributed by atoms with Crippen molar-refractivity contribution in [1.82, 2.24) is 0 Å². The molecule has 96 valence electrons. The predicted octanol–water partition coefficient (Wildman–Crippen LogP) is 0.571. The molecule has 1 atom stereocenters. The van der Waals surface area contributed by atoms with E-state index in [1.807, 2.05) is 32.0 Å². The van der Waals surface area contributed by atoms with E-state index < -0.39 is 28.3 Å². The zero-order valence-corrected chi connectivity index (χ0v) is 10.9. The first-order valence-electron chi connectivity index (χ1n) is 5.39. The summed E-state index contributed by atoms with van der Waals surface area (Å²) in [5.41, 5.74) is 2.74. The molecule has 0 spiro atoms. The molecular formula is C12H18O4S. The van der Waals surface area contributed by atoms with Gasteiger partial charge in [-0.3, -0.25) is 0 Å². The predicted molar refractivity (Wildman–Crippen MR) is 66.5 cm³/mol. The van der Waals surface area contributed by atoms with Gasteiger partial charge in [0.05, 0.1) is 24.2 Å². The van der Waals surface area contributed by atoms with Gasteiger partial charge in [0.25, 0.3) is 0 Å². The summed E-state index contributed by atoms with van der Waals surface area (Å²) in [6, 6.07) is 5.60. The molecule has 1 rings (SSSR count). The van der Waals surface area contributed by atoms with Gasteiger partial charge in [-0.1, -0.05) is 29.3 Å². The number of rotatable bonds is 5. The van der Waals surface area contributed by atoms with Crippen molar-refractivity contribution in [1.29, 1.82) is 0 Å². The maximum absolute atomic E-state index is 11.7. The minimum Gasteiger partial charge on any atom is -0.394 e. The maximum Gasteiger partial charge on any atom is 0.157 e. The quantitative estimate of drug-likeness (QED) is 0.810. The molecule has 0 heterocycles. The van der Waals surface area contributed by atoms with E-state index in [2.05, 4.69) is 0 Å². The van der Waals surface area contributed by atoms with Crippen LogP contribution >= 0.6 is 0 Å². The molecule has 0 aliphatic carbocycles. The van der Waals surface area contributed by atoms with E-state index in [4.69, 9.17) is 10.2 Å². The van der Waals surface area contributed by atoms with E-state index in [-0.39, 0.29) is 5.75 Å². The number of aryl methyl sites for hydroxylation is 2. The van der Waals surface area contributed by atoms with Crippen LogP contribution in [-0.2, 0) is 15.6 Å². The summed E-state index contributed by atoms with van der Waals surface area (Å²) in [6.07, 6.45) is -1.20. The molecule has 4 nitrogen and oxygen atoms in total. The Hall–Kier alpha value is -0.910. The fourth-order valence-corrected chi connectivity index (χ4v) is 3.30. The number of sulfone groups is 1. The van der Waals surface area contributed by atoms with Crippen molar-refractivity contribution in [2.24, 2.45) is 0 Å². The molecule has 0 aliphatic rings. The largest absolute Gasteiger partial charge is 0.394 e. The maximum atomic E-state index is 11.7. The van der Waals surface area contributed by atoms with Crippen LogP contribution in [0.4, 0.5) is 0 Å². The third-order valence-corrected chi connectivity index (χ3v) is 3.99. The molecule has 2 N–H and O–H groups in total. The van der Waals surface area contributed by atoms with Crippen molar-refractivity contribution in [2.45, 2.75) is 25.7 Å². The highest BCUT2D eigenvalue weighted by Crippen LogP contribution is 2.13. The molecule has 0 amide bonds. The van der Waals surface area contributed by atoms with Gasteiger partial charge in [-0.25, -0.2) is 8.42 Å². The second-order valence-corrected chi connectivity index (χ2v) is 6.50. The Morgan fingerprint density at radius 1 is 1.18 bits per heavy atom. The molecule has 0 bridgehead atoms. The van der Waals surface area contributed by atoms with Gasteiger partial charge in [0.15, 0.2) is 9.84 Å². The van der Waals surface area contributed by atoms with Crippen molar-refractivity contribution >= 4 is 9.84 Å². The van der Waals surface area contributed by atoms with Crippen molar-refractivity contribution in [3.8, 4) is 0 Å². The van der Waals surface area contributed by atoms with Crippen molar-refractivity contribution in [3.05, 3.63) is 34.9 Å². The number of hydrogen-bond donors (Lipinski definition) is 2. The van der Waals surface area contributed by atoms with Gasteiger partial charge in [0.2, 0.25) is 0 Å². The fraction of sp³-hybridized carbons (Fsp3) is 0.500. The SMILES string of the molecule is Cc1cc(C)cc(CS(=O)(=O)CC(O)CO)c1. The van der Waals surface area contributed by atoms with E-state index in [1.165, 1.54) is 0 Å². The van der Waals surface area contributed by atoms with Gasteiger partial charge in [-0.05, 0) is 19.4 Å². The van der Waals surface area contributed by atoms with Crippen LogP contribution in [-0.4, -0.2) is 37.1 Å². The molecule has 1 aromatic rings. The highest BCUT2D eigenvalue weighted by atomic mass is 32.2. The zero-order chi connectivity index (χ0) is 13.1. The minimum absolute atomic E-state index is 0.105. The lowest BCUT2D eigenvalue weighted by Crippen LogP contribution is -2.25. The minimum atomic E-state index is -3.39. The molecule has 5 heteroatoms. The monoisotopic (exact) mass is 258 g/mol. The Bertz CT molecular complexity index is 459. The van der Waals surface area contributed by atoms with Crippen molar-refractivity contribution in [3.63, 3.8) is 0 Å². The third-order valence-electron chi connectivity index (χ3n) is 2.33. The molecular weight excluding hydrogens is 240 g/mol. The van der Waals surface area contributed by atoms with E-state index in [0.29, 0.717) is 5.56 Å². The van der Waals surface area contributed by atoms with E-state index in [0.717, 1.165) is 11.1 Å². The number of benzene rings is 1. The number of aliphatic hydroxyl groups excluding tert-OH is 2. The lowest BCUT2D eigenvalue weighted by molar-refractivity contribution is 0.112. The van der Waals surface area contributed by atoms with E-state index in [9.17, 15) is 8.42 Å². The first kappa shape index (κ1) is 14.2. The molecule has 0 aromatic heterocycles. The highest BCUT2D eigenvalue weighted by molar-refractivity contribution is 7.90. The average molecular weight is 258 g/mol. The molecule has 17 heavy (non-hydrogen) atoms. The third kappa shape index (κ3) is 4.85. The summed E-state index contributed by atoms with van der Waals surface area (Å²) >= 11 is 0. The Kier molecular flexibility index (Phi) is 4.68. The van der Waals surface area contributed by atoms with Crippen LogP contribution in [0.1, 0.15) is 16.7 Å². The smallest absolute Gasteiger partial charge is 0.157 e. The van der Waals surface area contributed by atoms with E-state index >= 15 is 0 Å². The average Bonchev–Trinajstić information content (AvgIpc) is 2.13. The summed E-state index contributed by atoms with van der Waals surface area (Å²) in [7, 11) is -3.39. The lowest BCUT2D eigenvalue weighted by atomic mass is 10.1. The number of hydrogen-bond acceptors (Lipinski definition) is 4. The summed E-state index contributed by atoms with van der Waals surface area (Å²) in [4.78, 5) is 0. The van der Waals surface area contributed by atoms with Gasteiger partial charge >= 0.3 is 0 Å². The standard InChI is InChI=1S/C12H18O4S/c1-9-3-10(2)5-11(4-9)7-17(15,16)8-12(14)6-13/h3-5,12-14H,6-8H2,1-2H3. The second-order valence-electron chi connectivity index (χ2n) is 4.39. The van der Waals surface area contributed by atoms with Crippen molar-refractivity contribution < 1.29 is 18.6 Å². The first-order valence-corrected chi connectivity index (χ1v) is 7.21. The Morgan fingerprint density at radius 2 is 1.71 bits per heavy atom. The molecule has 0 aliphatic heterocycles. The van der Waals surface area contributed by atoms with Crippen LogP contribution < -0.4 is 0 Å². The molecule has 1 aromatic carbocycles. The summed E-state index contributed by atoms with van der Waals surface area (Å²) in [6.45, 7) is 3.28. The van der Waals surface area contributed by atoms with Crippen LogP contribution in [0.25, 0.3) is 0 Å². The summed E-state index contributed by atoms with van der Waals surface area (Å²) < 4.78 is 23.4. The first-order chi connectivity index (χ1) is 7.82. The Labute approximate surface area is 102 Å². The zero-order valence-electron chi connectivity index (χ0n) is 10.0. The van der Waals surface area contributed by atoms with E-state index in [1.54, 1.807) is 0 Å². The van der Waals surface area contributed by atoms with Gasteiger partial charge < -0.3 is 10.2 Å². The second kappa shape index (κ2) is 5.62. The molecule has 0 saturated heterocycles. The normalized spacial score (nSPS) is 13.6. The van der Waals surface area contributed by atoms with Crippen LogP contribution in [0.15, 0.2) is 18.2 Å². The molecule has 0 radical (unpaired) electrons. The Balaban J connectivity index is 2.83. The van der Waals surface area contributed by atoms with Crippen LogP contribution in [0.3, 0.4) is 0 Å². The fourth-order valence-electron chi connectivity index (χ4n) is 1.81. The van der Waals surface area contributed by atoms with Gasteiger partial charge in [0.1, 0.15) is 0 Å². The highest BCUT2D eigenvalue weighted by Gasteiger charge is 2.17. The Morgan fingerprint density at radius 3 is 2.18 bits per heavy atom. The number of aliphatic hydroxyl groups is 2. The molecule has 1 unspecified atom stereocenters. The molecule has 0 fully saturated rings. The summed E-state index contributed by atoms with van der Waals surface area (Å²) in [5.74, 6) is -0.511. The van der Waals surface area contributed by atoms with Crippen LogP contribution in [0, 0.1) is 13.8 Å². The van der Waals surface area contributed by atoms with Crippen LogP contribution in [0.5, 0.6) is 0 Å². The summed E-state index contributed by atoms with van der Waals surface area (Å²) in [5, 5.41) is 17.8. The van der Waals surface area contributed by atoms with Gasteiger partial charge in [0, 0.05) is 0 Å². The van der Waals surface area contributed by atoms with Crippen LogP contribution in [0.2, 0.25) is 0 Å². The molecule has 0 saturated carbocycles. The van der Waals surface area contributed by atoms with Gasteiger partial charge in [-0.15, -0.1) is 0 Å².